The average Bonchev–Trinajstić information content (AvgIpc) is 2.49. The normalized spacial score (nSPS) is 10.8. The summed E-state index contributed by atoms with van der Waals surface area (Å²) in [5.41, 5.74) is 0.691. The molecule has 0 aromatic heterocycles. The van der Waals surface area contributed by atoms with Crippen molar-refractivity contribution in [2.24, 2.45) is 0 Å². The van der Waals surface area contributed by atoms with E-state index in [-0.39, 0.29) is 21.5 Å². The smallest absolute Gasteiger partial charge is 0.339 e. The van der Waals surface area contributed by atoms with E-state index in [1.165, 1.54) is 49.4 Å². The van der Waals surface area contributed by atoms with Crippen LogP contribution in [-0.4, -0.2) is 14.2 Å². The predicted octanol–water partition coefficient (Wildman–Crippen LogP) is 3.18. The Morgan fingerprint density at radius 2 is 1.82 bits per heavy atom. The lowest BCUT2D eigenvalue weighted by atomic mass is 10.2. The fourth-order valence-corrected chi connectivity index (χ4v) is 2.87. The van der Waals surface area contributed by atoms with Gasteiger partial charge in [-0.25, -0.2) is 0 Å². The molecule has 0 aliphatic heterocycles. The molecule has 0 saturated carbocycles. The van der Waals surface area contributed by atoms with Gasteiger partial charge in [0.05, 0.1) is 16.7 Å². The Morgan fingerprint density at radius 1 is 1.18 bits per heavy atom. The Balaban J connectivity index is 2.32. The van der Waals surface area contributed by atoms with Crippen molar-refractivity contribution in [1.82, 2.24) is 0 Å². The second-order valence-corrected chi connectivity index (χ2v) is 6.33. The first kappa shape index (κ1) is 16.0. The number of Topliss-reactive ketones (excluding diaryl/α,β-unsaturated/α-hetero) is 1. The highest BCUT2D eigenvalue weighted by molar-refractivity contribution is 7.87. The van der Waals surface area contributed by atoms with Crippen LogP contribution in [0.15, 0.2) is 47.4 Å². The monoisotopic (exact) mass is 335 g/mol. The molecule has 2 aromatic rings. The SMILES string of the molecule is CC(=O)c1ccc(S(=O)(=O)Oc2ccc(C#N)cc2Cl)cc1. The maximum absolute atomic E-state index is 12.2. The van der Waals surface area contributed by atoms with Gasteiger partial charge in [0.2, 0.25) is 0 Å². The molecule has 0 unspecified atom stereocenters. The van der Waals surface area contributed by atoms with E-state index in [0.29, 0.717) is 11.1 Å². The molecular weight excluding hydrogens is 326 g/mol. The molecule has 112 valence electrons. The number of carbonyl (C=O) groups excluding carboxylic acids is 1. The molecule has 7 heteroatoms. The number of nitriles is 1. The van der Waals surface area contributed by atoms with Crippen molar-refractivity contribution in [3.05, 3.63) is 58.6 Å². The van der Waals surface area contributed by atoms with Crippen LogP contribution in [0.2, 0.25) is 5.02 Å². The molecule has 0 N–H and O–H groups in total. The third kappa shape index (κ3) is 3.45. The Labute approximate surface area is 132 Å². The number of carbonyl (C=O) groups is 1. The van der Waals surface area contributed by atoms with Crippen LogP contribution in [0.4, 0.5) is 0 Å². The molecule has 5 nitrogen and oxygen atoms in total. The molecule has 0 saturated heterocycles. The number of hydrogen-bond acceptors (Lipinski definition) is 5. The molecule has 0 aliphatic rings. The van der Waals surface area contributed by atoms with Crippen molar-refractivity contribution in [3.8, 4) is 11.8 Å². The molecule has 0 heterocycles. The Bertz CT molecular complexity index is 867. The fraction of sp³-hybridized carbons (Fsp3) is 0.0667. The number of nitrogens with zero attached hydrogens (tertiary/aromatic N) is 1. The molecule has 0 bridgehead atoms. The van der Waals surface area contributed by atoms with Crippen molar-refractivity contribution in [2.45, 2.75) is 11.8 Å². The van der Waals surface area contributed by atoms with Gasteiger partial charge in [-0.05, 0) is 37.3 Å². The van der Waals surface area contributed by atoms with Gasteiger partial charge in [0.15, 0.2) is 11.5 Å². The Hall–Kier alpha value is -2.36. The second-order valence-electron chi connectivity index (χ2n) is 4.38. The quantitative estimate of drug-likeness (QED) is 0.633. The zero-order chi connectivity index (χ0) is 16.3. The lowest BCUT2D eigenvalue weighted by molar-refractivity contribution is 0.101. The van der Waals surface area contributed by atoms with E-state index in [0.717, 1.165) is 0 Å². The third-order valence-electron chi connectivity index (χ3n) is 2.81. The third-order valence-corrected chi connectivity index (χ3v) is 4.35. The Morgan fingerprint density at radius 3 is 2.32 bits per heavy atom. The Kier molecular flexibility index (Phi) is 4.50. The van der Waals surface area contributed by atoms with E-state index < -0.39 is 10.1 Å². The van der Waals surface area contributed by atoms with Crippen molar-refractivity contribution in [2.75, 3.05) is 0 Å². The van der Waals surface area contributed by atoms with Crippen LogP contribution < -0.4 is 4.18 Å². The zero-order valence-electron chi connectivity index (χ0n) is 11.4. The van der Waals surface area contributed by atoms with Crippen LogP contribution in [0, 0.1) is 11.3 Å². The number of halogens is 1. The van der Waals surface area contributed by atoms with E-state index in [4.69, 9.17) is 21.0 Å². The summed E-state index contributed by atoms with van der Waals surface area (Å²) in [7, 11) is -4.08. The standard InChI is InChI=1S/C15H10ClNO4S/c1-10(18)12-3-5-13(6-4-12)22(19,20)21-15-7-2-11(9-17)8-14(15)16/h2-8H,1H3. The first-order chi connectivity index (χ1) is 10.3. The van der Waals surface area contributed by atoms with Crippen molar-refractivity contribution < 1.29 is 17.4 Å². The average molecular weight is 336 g/mol. The summed E-state index contributed by atoms with van der Waals surface area (Å²) in [5, 5.41) is 8.76. The van der Waals surface area contributed by atoms with E-state index in [1.807, 2.05) is 6.07 Å². The molecule has 0 spiro atoms. The second kappa shape index (κ2) is 6.18. The molecule has 0 amide bonds. The van der Waals surface area contributed by atoms with E-state index in [1.54, 1.807) is 0 Å². The van der Waals surface area contributed by atoms with Gasteiger partial charge in [-0.2, -0.15) is 13.7 Å². The minimum atomic E-state index is -4.08. The van der Waals surface area contributed by atoms with Crippen LogP contribution in [0.5, 0.6) is 5.75 Å². The van der Waals surface area contributed by atoms with Crippen LogP contribution >= 0.6 is 11.6 Å². The van der Waals surface area contributed by atoms with Gasteiger partial charge >= 0.3 is 10.1 Å². The maximum Gasteiger partial charge on any atom is 0.339 e. The highest BCUT2D eigenvalue weighted by atomic mass is 35.5. The van der Waals surface area contributed by atoms with Crippen LogP contribution in [0.25, 0.3) is 0 Å². The lowest BCUT2D eigenvalue weighted by Gasteiger charge is -2.09. The number of hydrogen-bond donors (Lipinski definition) is 0. The fourth-order valence-electron chi connectivity index (χ4n) is 1.66. The van der Waals surface area contributed by atoms with Gasteiger partial charge in [0.25, 0.3) is 0 Å². The summed E-state index contributed by atoms with van der Waals surface area (Å²) < 4.78 is 29.3. The summed E-state index contributed by atoms with van der Waals surface area (Å²) in [6.07, 6.45) is 0. The van der Waals surface area contributed by atoms with Crippen LogP contribution in [0.1, 0.15) is 22.8 Å². The highest BCUT2D eigenvalue weighted by Gasteiger charge is 2.18. The largest absolute Gasteiger partial charge is 0.377 e. The molecule has 0 atom stereocenters. The summed E-state index contributed by atoms with van der Waals surface area (Å²) >= 11 is 5.88. The molecule has 2 rings (SSSR count). The minimum absolute atomic E-state index is 0.0166. The molecule has 0 radical (unpaired) electrons. The molecular formula is C15H10ClNO4S. The summed E-state index contributed by atoms with van der Waals surface area (Å²) in [4.78, 5) is 11.1. The summed E-state index contributed by atoms with van der Waals surface area (Å²) in [6, 6.07) is 11.3. The number of benzene rings is 2. The first-order valence-electron chi connectivity index (χ1n) is 6.08. The minimum Gasteiger partial charge on any atom is -0.377 e. The molecule has 22 heavy (non-hydrogen) atoms. The molecule has 0 aliphatic carbocycles. The van der Waals surface area contributed by atoms with Crippen molar-refractivity contribution >= 4 is 27.5 Å². The van der Waals surface area contributed by atoms with Crippen molar-refractivity contribution in [1.29, 1.82) is 5.26 Å². The summed E-state index contributed by atoms with van der Waals surface area (Å²) in [6.45, 7) is 1.39. The first-order valence-corrected chi connectivity index (χ1v) is 7.87. The van der Waals surface area contributed by atoms with Crippen molar-refractivity contribution in [3.63, 3.8) is 0 Å². The lowest BCUT2D eigenvalue weighted by Crippen LogP contribution is -2.10. The predicted molar refractivity (Wildman–Crippen MR) is 80.4 cm³/mol. The number of rotatable bonds is 4. The molecule has 0 fully saturated rings. The van der Waals surface area contributed by atoms with Gasteiger partial charge in [0.1, 0.15) is 4.90 Å². The van der Waals surface area contributed by atoms with E-state index in [9.17, 15) is 13.2 Å². The molecule has 2 aromatic carbocycles. The zero-order valence-corrected chi connectivity index (χ0v) is 13.0. The van der Waals surface area contributed by atoms with E-state index in [2.05, 4.69) is 0 Å². The highest BCUT2D eigenvalue weighted by Crippen LogP contribution is 2.28. The van der Waals surface area contributed by atoms with Gasteiger partial charge in [-0.15, -0.1) is 0 Å². The summed E-state index contributed by atoms with van der Waals surface area (Å²) in [5.74, 6) is -0.240. The topological polar surface area (TPSA) is 84.2 Å². The van der Waals surface area contributed by atoms with E-state index >= 15 is 0 Å². The van der Waals surface area contributed by atoms with Crippen LogP contribution in [0.3, 0.4) is 0 Å². The van der Waals surface area contributed by atoms with Gasteiger partial charge in [-0.3, -0.25) is 4.79 Å². The maximum atomic E-state index is 12.2. The van der Waals surface area contributed by atoms with Gasteiger partial charge in [-0.1, -0.05) is 23.7 Å². The van der Waals surface area contributed by atoms with Crippen LogP contribution in [-0.2, 0) is 10.1 Å². The number of ketones is 1. The van der Waals surface area contributed by atoms with Gasteiger partial charge in [0, 0.05) is 5.56 Å². The van der Waals surface area contributed by atoms with Gasteiger partial charge < -0.3 is 4.18 Å².